The Labute approximate surface area is 153 Å². The second kappa shape index (κ2) is 6.78. The van der Waals surface area contributed by atoms with Crippen molar-refractivity contribution in [1.29, 1.82) is 0 Å². The van der Waals surface area contributed by atoms with Gasteiger partial charge in [0.25, 0.3) is 5.91 Å². The molecule has 7 heteroatoms. The lowest BCUT2D eigenvalue weighted by Crippen LogP contribution is -2.62. The van der Waals surface area contributed by atoms with Crippen LogP contribution in [0.25, 0.3) is 0 Å². The molecule has 2 fully saturated rings. The number of ether oxygens (including phenoxy) is 1. The quantitative estimate of drug-likeness (QED) is 0.843. The molecule has 2 atom stereocenters. The number of nitrogens with two attached hydrogens (primary N) is 1. The van der Waals surface area contributed by atoms with Gasteiger partial charge in [-0.2, -0.15) is 0 Å². The highest BCUT2D eigenvalue weighted by atomic mass is 16.5. The Hall–Kier alpha value is -1.73. The molecule has 0 bridgehead atoms. The maximum absolute atomic E-state index is 13.1. The van der Waals surface area contributed by atoms with Crippen molar-refractivity contribution in [3.63, 3.8) is 0 Å². The van der Waals surface area contributed by atoms with Crippen LogP contribution >= 0.6 is 0 Å². The van der Waals surface area contributed by atoms with Crippen LogP contribution in [0.15, 0.2) is 0 Å². The lowest BCUT2D eigenvalue weighted by Gasteiger charge is -2.56. The van der Waals surface area contributed by atoms with Gasteiger partial charge in [0.2, 0.25) is 5.95 Å². The Morgan fingerprint density at radius 3 is 2.73 bits per heavy atom. The predicted molar refractivity (Wildman–Crippen MR) is 96.7 cm³/mol. The number of nitrogens with zero attached hydrogens (tertiary/aromatic N) is 3. The van der Waals surface area contributed by atoms with Crippen molar-refractivity contribution < 1.29 is 14.6 Å². The molecular formula is C19H28N4O3. The van der Waals surface area contributed by atoms with Crippen molar-refractivity contribution in [3.8, 4) is 0 Å². The van der Waals surface area contributed by atoms with Gasteiger partial charge < -0.3 is 20.5 Å². The smallest absolute Gasteiger partial charge is 0.272 e. The molecule has 0 radical (unpaired) electrons. The molecule has 3 N–H and O–H groups in total. The number of likely N-dealkylation sites (tertiary alicyclic amines) is 1. The van der Waals surface area contributed by atoms with E-state index in [9.17, 15) is 9.90 Å². The molecule has 0 aromatic carbocycles. The van der Waals surface area contributed by atoms with Crippen LogP contribution < -0.4 is 5.73 Å². The number of aromatic nitrogens is 2. The number of aryl methyl sites for hydroxylation is 1. The molecule has 2 heterocycles. The van der Waals surface area contributed by atoms with E-state index in [1.807, 2.05) is 11.8 Å². The molecule has 26 heavy (non-hydrogen) atoms. The van der Waals surface area contributed by atoms with Gasteiger partial charge in [0.05, 0.1) is 12.2 Å². The predicted octanol–water partition coefficient (Wildman–Crippen LogP) is 1.33. The second-order valence-electron chi connectivity index (χ2n) is 7.78. The molecule has 7 nitrogen and oxygen atoms in total. The van der Waals surface area contributed by atoms with E-state index in [1.54, 1.807) is 0 Å². The van der Waals surface area contributed by atoms with Crippen molar-refractivity contribution in [2.24, 2.45) is 5.41 Å². The summed E-state index contributed by atoms with van der Waals surface area (Å²) in [6.07, 6.45) is 5.90. The molecule has 142 valence electrons. The molecule has 2 aliphatic carbocycles. The van der Waals surface area contributed by atoms with Crippen molar-refractivity contribution in [3.05, 3.63) is 17.0 Å². The molecular weight excluding hydrogens is 332 g/mol. The molecule has 1 saturated carbocycles. The van der Waals surface area contributed by atoms with Crippen LogP contribution in [-0.4, -0.2) is 57.8 Å². The third-order valence-corrected chi connectivity index (χ3v) is 6.49. The van der Waals surface area contributed by atoms with Gasteiger partial charge in [-0.3, -0.25) is 4.79 Å². The van der Waals surface area contributed by atoms with Crippen LogP contribution in [0.4, 0.5) is 5.95 Å². The van der Waals surface area contributed by atoms with Crippen molar-refractivity contribution in [2.75, 3.05) is 25.4 Å². The van der Waals surface area contributed by atoms with Gasteiger partial charge in [-0.05, 0) is 45.4 Å². The topological polar surface area (TPSA) is 102 Å². The van der Waals surface area contributed by atoms with Gasteiger partial charge in [-0.15, -0.1) is 0 Å². The van der Waals surface area contributed by atoms with E-state index in [4.69, 9.17) is 10.5 Å². The minimum atomic E-state index is -0.321. The molecule has 3 aliphatic rings. The van der Waals surface area contributed by atoms with Crippen molar-refractivity contribution in [1.82, 2.24) is 14.9 Å². The van der Waals surface area contributed by atoms with E-state index in [0.717, 1.165) is 49.8 Å². The fourth-order valence-electron chi connectivity index (χ4n) is 4.88. The molecule has 1 aliphatic heterocycles. The summed E-state index contributed by atoms with van der Waals surface area (Å²) in [7, 11) is 0. The van der Waals surface area contributed by atoms with Crippen LogP contribution in [-0.2, 0) is 17.6 Å². The maximum atomic E-state index is 13.1. The third-order valence-electron chi connectivity index (χ3n) is 6.49. The lowest BCUT2D eigenvalue weighted by atomic mass is 9.58. The van der Waals surface area contributed by atoms with E-state index in [0.29, 0.717) is 31.8 Å². The average Bonchev–Trinajstić information content (AvgIpc) is 2.66. The minimum Gasteiger partial charge on any atom is -0.392 e. The highest BCUT2D eigenvalue weighted by Gasteiger charge is 2.56. The third kappa shape index (κ3) is 2.77. The summed E-state index contributed by atoms with van der Waals surface area (Å²) in [5.74, 6) is 0.141. The average molecular weight is 360 g/mol. The molecule has 0 unspecified atom stereocenters. The zero-order valence-electron chi connectivity index (χ0n) is 15.4. The first-order valence-corrected chi connectivity index (χ1v) is 9.79. The van der Waals surface area contributed by atoms with Gasteiger partial charge in [-0.25, -0.2) is 9.97 Å². The fraction of sp³-hybridized carbons (Fsp3) is 0.737. The Morgan fingerprint density at radius 1 is 1.31 bits per heavy atom. The number of amides is 1. The number of rotatable bonds is 3. The molecule has 1 saturated heterocycles. The first-order valence-electron chi connectivity index (χ1n) is 9.79. The second-order valence-corrected chi connectivity index (χ2v) is 7.78. The summed E-state index contributed by atoms with van der Waals surface area (Å²) in [5, 5.41) is 10.3. The van der Waals surface area contributed by atoms with E-state index >= 15 is 0 Å². The standard InChI is InChI=1S/C19H28N4O3/c1-2-26-15-11-14(24)19(15)7-9-23(10-8-19)17(25)16-12-5-3-4-6-13(12)21-18(20)22-16/h14-15,24H,2-11H2,1H3,(H2,20,21,22)/t14-,15+/m0/s1. The van der Waals surface area contributed by atoms with Crippen molar-refractivity contribution >= 4 is 11.9 Å². The normalized spacial score (nSPS) is 27.1. The van der Waals surface area contributed by atoms with E-state index in [1.165, 1.54) is 0 Å². The van der Waals surface area contributed by atoms with E-state index in [-0.39, 0.29) is 29.5 Å². The van der Waals surface area contributed by atoms with Gasteiger partial charge in [0.1, 0.15) is 5.69 Å². The fourth-order valence-corrected chi connectivity index (χ4v) is 4.88. The number of fused-ring (bicyclic) bond motifs is 1. The first-order chi connectivity index (χ1) is 12.5. The zero-order chi connectivity index (χ0) is 18.3. The summed E-state index contributed by atoms with van der Waals surface area (Å²) in [6, 6.07) is 0. The molecule has 1 spiro atoms. The minimum absolute atomic E-state index is 0.0473. The molecule has 4 rings (SSSR count). The Morgan fingerprint density at radius 2 is 2.04 bits per heavy atom. The highest BCUT2D eigenvalue weighted by Crippen LogP contribution is 2.51. The molecule has 1 aromatic rings. The number of carbonyl (C=O) groups is 1. The zero-order valence-corrected chi connectivity index (χ0v) is 15.4. The summed E-state index contributed by atoms with van der Waals surface area (Å²) in [5.41, 5.74) is 8.07. The SMILES string of the molecule is CCO[C@@H]1C[C@H](O)C12CCN(C(=O)c1nc(N)nc3c1CCCC3)CC2. The maximum Gasteiger partial charge on any atom is 0.272 e. The monoisotopic (exact) mass is 360 g/mol. The summed E-state index contributed by atoms with van der Waals surface area (Å²) in [6.45, 7) is 3.89. The largest absolute Gasteiger partial charge is 0.392 e. The van der Waals surface area contributed by atoms with Crippen LogP contribution in [0.1, 0.15) is 60.8 Å². The van der Waals surface area contributed by atoms with E-state index < -0.39 is 0 Å². The number of aliphatic hydroxyl groups is 1. The van der Waals surface area contributed by atoms with Crippen LogP contribution in [0, 0.1) is 5.41 Å². The number of nitrogen functional groups attached to an aromatic ring is 1. The van der Waals surface area contributed by atoms with Crippen molar-refractivity contribution in [2.45, 2.75) is 64.1 Å². The first kappa shape index (κ1) is 17.7. The Bertz CT molecular complexity index is 698. The highest BCUT2D eigenvalue weighted by molar-refractivity contribution is 5.94. The summed E-state index contributed by atoms with van der Waals surface area (Å²) in [4.78, 5) is 23.6. The van der Waals surface area contributed by atoms with Gasteiger partial charge >= 0.3 is 0 Å². The van der Waals surface area contributed by atoms with Crippen LogP contribution in [0.2, 0.25) is 0 Å². The Balaban J connectivity index is 1.50. The van der Waals surface area contributed by atoms with Gasteiger partial charge in [-0.1, -0.05) is 0 Å². The number of piperidine rings is 1. The van der Waals surface area contributed by atoms with Gasteiger partial charge in [0.15, 0.2) is 0 Å². The molecule has 1 amide bonds. The van der Waals surface area contributed by atoms with Crippen LogP contribution in [0.5, 0.6) is 0 Å². The number of hydrogen-bond acceptors (Lipinski definition) is 6. The number of hydrogen-bond donors (Lipinski definition) is 2. The van der Waals surface area contributed by atoms with E-state index in [2.05, 4.69) is 9.97 Å². The molecule has 1 aromatic heterocycles. The van der Waals surface area contributed by atoms with Crippen LogP contribution in [0.3, 0.4) is 0 Å². The summed E-state index contributed by atoms with van der Waals surface area (Å²) >= 11 is 0. The summed E-state index contributed by atoms with van der Waals surface area (Å²) < 4.78 is 5.81. The van der Waals surface area contributed by atoms with Gasteiger partial charge in [0, 0.05) is 42.8 Å². The Kier molecular flexibility index (Phi) is 4.61. The lowest BCUT2D eigenvalue weighted by molar-refractivity contribution is -0.207. The number of anilines is 1. The number of aliphatic hydroxyl groups excluding tert-OH is 1. The number of carbonyl (C=O) groups excluding carboxylic acids is 1.